The Balaban J connectivity index is 0. The summed E-state index contributed by atoms with van der Waals surface area (Å²) in [6.45, 7) is 0. The number of carbonyl (C=O) groups excluding carboxylic acids is 1. The van der Waals surface area contributed by atoms with Gasteiger partial charge >= 0.3 is 33.8 Å². The van der Waals surface area contributed by atoms with Crippen molar-refractivity contribution in [1.82, 2.24) is 0 Å². The van der Waals surface area contributed by atoms with Gasteiger partial charge in [0.25, 0.3) is 0 Å². The zero-order valence-electron chi connectivity index (χ0n) is 3.66. The van der Waals surface area contributed by atoms with Crippen LogP contribution in [0.3, 0.4) is 0 Å². The van der Waals surface area contributed by atoms with Crippen molar-refractivity contribution in [2.75, 3.05) is 0 Å². The molecule has 0 rings (SSSR count). The molecule has 0 heterocycles. The monoisotopic (exact) mass is 315 g/mol. The van der Waals surface area contributed by atoms with Crippen molar-refractivity contribution in [3.8, 4) is 0 Å². The van der Waals surface area contributed by atoms with Crippen molar-refractivity contribution in [2.24, 2.45) is 0 Å². The standard InChI is InChI=1S/C2HF3O2.Hg/c3-2(4,5)1(6)7;/h(H,6,7);/q;+2/p-1. The maximum absolute atomic E-state index is 10.5. The number of halogens is 3. The molecule has 2 nitrogen and oxygen atoms in total. The Kier molecular flexibility index (Phi) is 4.51. The average molecular weight is 314 g/mol. The van der Waals surface area contributed by atoms with Crippen molar-refractivity contribution in [3.63, 3.8) is 0 Å². The summed E-state index contributed by atoms with van der Waals surface area (Å²) in [6.07, 6.45) is -5.19. The van der Waals surface area contributed by atoms with Gasteiger partial charge in [-0.15, -0.1) is 0 Å². The Bertz CT molecular complexity index is 87.8. The zero-order valence-corrected chi connectivity index (χ0v) is 9.16. The molecule has 0 atom stereocenters. The minimum absolute atomic E-state index is 0. The molecule has 0 saturated heterocycles. The summed E-state index contributed by atoms with van der Waals surface area (Å²) in [5.41, 5.74) is 0. The molecular formula is C2F3HgO2+. The first-order chi connectivity index (χ1) is 2.94. The third-order valence-electron chi connectivity index (χ3n) is 0.231. The van der Waals surface area contributed by atoms with Gasteiger partial charge in [-0.05, 0) is 0 Å². The number of aliphatic carboxylic acids is 1. The van der Waals surface area contributed by atoms with Crippen LogP contribution in [0.2, 0.25) is 0 Å². The second-order valence-corrected chi connectivity index (χ2v) is 0.785. The smallest absolute Gasteiger partial charge is 0.542 e. The van der Waals surface area contributed by atoms with Crippen LogP contribution in [0.5, 0.6) is 0 Å². The summed E-state index contributed by atoms with van der Waals surface area (Å²) < 4.78 is 31.5. The molecule has 0 bridgehead atoms. The van der Waals surface area contributed by atoms with E-state index in [0.717, 1.165) is 0 Å². The molecule has 8 heavy (non-hydrogen) atoms. The van der Waals surface area contributed by atoms with E-state index in [-0.39, 0.29) is 27.7 Å². The van der Waals surface area contributed by atoms with Crippen molar-refractivity contribution in [3.05, 3.63) is 0 Å². The molecule has 0 aliphatic heterocycles. The SMILES string of the molecule is O=C([O-])C(F)(F)F.[Hg+2]. The first-order valence-electron chi connectivity index (χ1n) is 1.23. The first-order valence-corrected chi connectivity index (χ1v) is 1.23. The van der Waals surface area contributed by atoms with E-state index in [2.05, 4.69) is 0 Å². The fourth-order valence-corrected chi connectivity index (χ4v) is 0. The van der Waals surface area contributed by atoms with Crippen molar-refractivity contribution in [1.29, 1.82) is 0 Å². The van der Waals surface area contributed by atoms with E-state index in [9.17, 15) is 13.2 Å². The average Bonchev–Trinajstić information content (AvgIpc) is 1.31. The van der Waals surface area contributed by atoms with Crippen LogP contribution < -0.4 is 5.11 Å². The zero-order chi connectivity index (χ0) is 6.08. The van der Waals surface area contributed by atoms with Crippen LogP contribution in [0.1, 0.15) is 0 Å². The first kappa shape index (κ1) is 11.1. The van der Waals surface area contributed by atoms with Crippen molar-refractivity contribution < 1.29 is 50.7 Å². The van der Waals surface area contributed by atoms with Gasteiger partial charge in [-0.2, -0.15) is 13.2 Å². The Hall–Kier alpha value is 0.195. The fourth-order valence-electron chi connectivity index (χ4n) is 0. The maximum Gasteiger partial charge on any atom is 2.00 e. The summed E-state index contributed by atoms with van der Waals surface area (Å²) in [6, 6.07) is 0. The molecule has 0 amide bonds. The third kappa shape index (κ3) is 4.36. The second-order valence-electron chi connectivity index (χ2n) is 0.785. The number of carbonyl (C=O) groups is 1. The predicted molar refractivity (Wildman–Crippen MR) is 11.1 cm³/mol. The summed E-state index contributed by atoms with van der Waals surface area (Å²) in [5.74, 6) is -3.01. The van der Waals surface area contributed by atoms with E-state index < -0.39 is 12.1 Å². The quantitative estimate of drug-likeness (QED) is 0.555. The molecule has 0 aromatic rings. The Morgan fingerprint density at radius 1 is 1.38 bits per heavy atom. The van der Waals surface area contributed by atoms with Gasteiger partial charge in [-0.3, -0.25) is 0 Å². The van der Waals surface area contributed by atoms with Crippen LogP contribution in [0.25, 0.3) is 0 Å². The molecule has 0 aromatic carbocycles. The summed E-state index contributed by atoms with van der Waals surface area (Å²) in [5, 5.41) is 8.78. The molecule has 0 N–H and O–H groups in total. The van der Waals surface area contributed by atoms with Crippen LogP contribution in [0.4, 0.5) is 13.2 Å². The van der Waals surface area contributed by atoms with Crippen molar-refractivity contribution in [2.45, 2.75) is 6.18 Å². The Morgan fingerprint density at radius 3 is 1.50 bits per heavy atom. The van der Waals surface area contributed by atoms with E-state index in [1.165, 1.54) is 0 Å². The number of hydrogen-bond donors (Lipinski definition) is 0. The van der Waals surface area contributed by atoms with Crippen LogP contribution in [-0.2, 0) is 32.5 Å². The number of carboxylic acids is 1. The molecule has 0 aromatic heterocycles. The maximum atomic E-state index is 10.5. The van der Waals surface area contributed by atoms with Crippen LogP contribution >= 0.6 is 0 Å². The topological polar surface area (TPSA) is 40.1 Å². The molecule has 0 spiro atoms. The Morgan fingerprint density at radius 2 is 1.50 bits per heavy atom. The van der Waals surface area contributed by atoms with Gasteiger partial charge in [0.15, 0.2) is 0 Å². The number of rotatable bonds is 0. The molecule has 0 unspecified atom stereocenters. The van der Waals surface area contributed by atoms with Crippen LogP contribution in [0.15, 0.2) is 0 Å². The van der Waals surface area contributed by atoms with Gasteiger partial charge in [0.2, 0.25) is 0 Å². The van der Waals surface area contributed by atoms with E-state index in [1.807, 2.05) is 0 Å². The molecule has 6 heteroatoms. The molecule has 0 radical (unpaired) electrons. The Labute approximate surface area is 63.2 Å². The fraction of sp³-hybridized carbons (Fsp3) is 0.500. The molecule has 0 fully saturated rings. The van der Waals surface area contributed by atoms with Gasteiger partial charge in [0.1, 0.15) is 5.97 Å². The minimum atomic E-state index is -5.19. The summed E-state index contributed by atoms with van der Waals surface area (Å²) >= 11 is 0. The largest absolute Gasteiger partial charge is 2.00 e. The van der Waals surface area contributed by atoms with E-state index >= 15 is 0 Å². The molecule has 0 aliphatic carbocycles. The third-order valence-corrected chi connectivity index (χ3v) is 0.231. The normalized spacial score (nSPS) is 9.88. The van der Waals surface area contributed by atoms with Crippen molar-refractivity contribution >= 4 is 5.97 Å². The van der Waals surface area contributed by atoms with Gasteiger partial charge < -0.3 is 9.90 Å². The molecule has 42 valence electrons. The van der Waals surface area contributed by atoms with Gasteiger partial charge in [0, 0.05) is 0 Å². The van der Waals surface area contributed by atoms with Gasteiger partial charge in [-0.1, -0.05) is 0 Å². The number of alkyl halides is 3. The van der Waals surface area contributed by atoms with E-state index in [4.69, 9.17) is 9.90 Å². The number of hydrogen-bond acceptors (Lipinski definition) is 2. The van der Waals surface area contributed by atoms with Gasteiger partial charge in [-0.25, -0.2) is 0 Å². The van der Waals surface area contributed by atoms with Crippen LogP contribution in [0, 0.1) is 0 Å². The van der Waals surface area contributed by atoms with E-state index in [0.29, 0.717) is 0 Å². The predicted octanol–water partition coefficient (Wildman–Crippen LogP) is -0.704. The summed E-state index contributed by atoms with van der Waals surface area (Å²) in [4.78, 5) is 8.78. The molecular weight excluding hydrogens is 314 g/mol. The van der Waals surface area contributed by atoms with E-state index in [1.54, 1.807) is 0 Å². The molecule has 0 saturated carbocycles. The number of carboxylic acid groups (broad SMARTS) is 1. The molecule has 0 aliphatic rings. The summed E-state index contributed by atoms with van der Waals surface area (Å²) in [7, 11) is 0. The minimum Gasteiger partial charge on any atom is -0.542 e. The van der Waals surface area contributed by atoms with Gasteiger partial charge in [0.05, 0.1) is 0 Å². The van der Waals surface area contributed by atoms with Crippen LogP contribution in [-0.4, -0.2) is 12.1 Å². The second kappa shape index (κ2) is 3.27.